The van der Waals surface area contributed by atoms with E-state index < -0.39 is 5.60 Å². The Kier molecular flexibility index (Phi) is 4.83. The molecule has 0 radical (unpaired) electrons. The zero-order valence-electron chi connectivity index (χ0n) is 10.7. The van der Waals surface area contributed by atoms with Gasteiger partial charge in [-0.2, -0.15) is 0 Å². The molecule has 1 heterocycles. The Bertz CT molecular complexity index is 289. The molecule has 5 heteroatoms. The average Bonchev–Trinajstić information content (AvgIpc) is 2.25. The van der Waals surface area contributed by atoms with Gasteiger partial charge in [0.05, 0.1) is 11.4 Å². The predicted octanol–water partition coefficient (Wildman–Crippen LogP) is 1.99. The summed E-state index contributed by atoms with van der Waals surface area (Å²) in [6.45, 7) is 11.3. The van der Waals surface area contributed by atoms with E-state index in [1.54, 1.807) is 11.0 Å². The summed E-state index contributed by atoms with van der Waals surface area (Å²) in [4.78, 5) is 13.7. The second-order valence-electron chi connectivity index (χ2n) is 5.13. The molecule has 1 amide bonds. The van der Waals surface area contributed by atoms with Crippen LogP contribution in [-0.4, -0.2) is 47.6 Å². The maximum Gasteiger partial charge on any atom is 0.410 e. The van der Waals surface area contributed by atoms with Crippen LogP contribution in [0.5, 0.6) is 0 Å². The highest BCUT2D eigenvalue weighted by Crippen LogP contribution is 2.18. The number of halogens is 1. The van der Waals surface area contributed by atoms with Crippen molar-refractivity contribution in [2.75, 3.05) is 19.6 Å². The highest BCUT2D eigenvalue weighted by Gasteiger charge is 2.33. The van der Waals surface area contributed by atoms with Crippen molar-refractivity contribution < 1.29 is 9.53 Å². The van der Waals surface area contributed by atoms with Crippen LogP contribution < -0.4 is 5.32 Å². The van der Waals surface area contributed by atoms with Gasteiger partial charge < -0.3 is 15.0 Å². The maximum absolute atomic E-state index is 12.0. The maximum atomic E-state index is 12.0. The normalized spacial score (nSPS) is 23.1. The summed E-state index contributed by atoms with van der Waals surface area (Å²) in [5.41, 5.74) is -0.484. The van der Waals surface area contributed by atoms with Gasteiger partial charge in [0.25, 0.3) is 0 Å². The first-order chi connectivity index (χ1) is 7.85. The fourth-order valence-corrected chi connectivity index (χ4v) is 1.94. The van der Waals surface area contributed by atoms with Crippen LogP contribution in [0.3, 0.4) is 0 Å². The van der Waals surface area contributed by atoms with E-state index in [9.17, 15) is 4.79 Å². The van der Waals surface area contributed by atoms with Crippen molar-refractivity contribution in [3.05, 3.63) is 12.7 Å². The number of hydrogen-bond donors (Lipinski definition) is 1. The van der Waals surface area contributed by atoms with Gasteiger partial charge in [-0.1, -0.05) is 6.08 Å². The van der Waals surface area contributed by atoms with Crippen molar-refractivity contribution in [2.24, 2.45) is 0 Å². The third-order valence-corrected chi connectivity index (χ3v) is 2.97. The number of ether oxygens (including phenoxy) is 1. The Morgan fingerprint density at radius 2 is 2.29 bits per heavy atom. The van der Waals surface area contributed by atoms with E-state index in [1.807, 2.05) is 20.8 Å². The Morgan fingerprint density at radius 1 is 1.65 bits per heavy atom. The third-order valence-electron chi connectivity index (χ3n) is 2.50. The molecule has 1 aliphatic heterocycles. The number of alkyl halides is 1. The van der Waals surface area contributed by atoms with Crippen LogP contribution in [-0.2, 0) is 4.74 Å². The minimum atomic E-state index is -0.484. The molecule has 0 aromatic heterocycles. The van der Waals surface area contributed by atoms with Crippen molar-refractivity contribution in [1.29, 1.82) is 0 Å². The van der Waals surface area contributed by atoms with E-state index in [0.29, 0.717) is 13.1 Å². The molecule has 1 aliphatic rings. The van der Waals surface area contributed by atoms with Gasteiger partial charge in [-0.15, -0.1) is 18.2 Å². The van der Waals surface area contributed by atoms with Crippen LogP contribution in [0.1, 0.15) is 20.8 Å². The molecule has 1 N–H and O–H groups in total. The topological polar surface area (TPSA) is 41.6 Å². The molecular formula is C12H21ClN2O2. The summed E-state index contributed by atoms with van der Waals surface area (Å²) in [6, 6.07) is -0.0993. The first-order valence-corrected chi connectivity index (χ1v) is 6.26. The number of carbonyl (C=O) groups excluding carboxylic acids is 1. The highest BCUT2D eigenvalue weighted by molar-refractivity contribution is 6.22. The number of amides is 1. The lowest BCUT2D eigenvalue weighted by Gasteiger charge is -2.38. The predicted molar refractivity (Wildman–Crippen MR) is 69.4 cm³/mol. The summed E-state index contributed by atoms with van der Waals surface area (Å²) < 4.78 is 5.37. The van der Waals surface area contributed by atoms with E-state index in [2.05, 4.69) is 11.9 Å². The molecule has 17 heavy (non-hydrogen) atoms. The van der Waals surface area contributed by atoms with E-state index >= 15 is 0 Å². The monoisotopic (exact) mass is 260 g/mol. The molecule has 2 unspecified atom stereocenters. The van der Waals surface area contributed by atoms with Crippen LogP contribution in [0.4, 0.5) is 4.79 Å². The number of nitrogens with zero attached hydrogens (tertiary/aromatic N) is 1. The average molecular weight is 261 g/mol. The molecule has 0 aromatic carbocycles. The zero-order valence-corrected chi connectivity index (χ0v) is 11.5. The van der Waals surface area contributed by atoms with Gasteiger partial charge in [-0.3, -0.25) is 0 Å². The first kappa shape index (κ1) is 14.3. The molecule has 0 spiro atoms. The summed E-state index contributed by atoms with van der Waals surface area (Å²) in [7, 11) is 0. The molecule has 0 aliphatic carbocycles. The molecule has 0 bridgehead atoms. The van der Waals surface area contributed by atoms with Crippen LogP contribution in [0, 0.1) is 0 Å². The summed E-state index contributed by atoms with van der Waals surface area (Å²) >= 11 is 6.15. The Labute approximate surface area is 108 Å². The molecule has 0 saturated carbocycles. The molecule has 2 atom stereocenters. The summed E-state index contributed by atoms with van der Waals surface area (Å²) in [6.07, 6.45) is 1.34. The fourth-order valence-electron chi connectivity index (χ4n) is 1.71. The second-order valence-corrected chi connectivity index (χ2v) is 5.63. The molecular weight excluding hydrogens is 240 g/mol. The van der Waals surface area contributed by atoms with Crippen molar-refractivity contribution in [1.82, 2.24) is 10.2 Å². The number of rotatable bonds is 2. The van der Waals surface area contributed by atoms with E-state index in [-0.39, 0.29) is 17.5 Å². The largest absolute Gasteiger partial charge is 0.444 e. The molecule has 1 saturated heterocycles. The van der Waals surface area contributed by atoms with Crippen LogP contribution in [0.15, 0.2) is 12.7 Å². The highest BCUT2D eigenvalue weighted by atomic mass is 35.5. The van der Waals surface area contributed by atoms with Crippen LogP contribution in [0.25, 0.3) is 0 Å². The number of nitrogens with one attached hydrogen (secondary N) is 1. The lowest BCUT2D eigenvalue weighted by atomic mass is 10.1. The van der Waals surface area contributed by atoms with Crippen molar-refractivity contribution in [2.45, 2.75) is 37.8 Å². The molecule has 0 aromatic rings. The van der Waals surface area contributed by atoms with Gasteiger partial charge in [-0.05, 0) is 20.8 Å². The molecule has 1 rings (SSSR count). The number of carbonyl (C=O) groups is 1. The minimum Gasteiger partial charge on any atom is -0.444 e. The van der Waals surface area contributed by atoms with E-state index in [1.165, 1.54) is 0 Å². The lowest BCUT2D eigenvalue weighted by Crippen LogP contribution is -2.57. The molecule has 98 valence electrons. The molecule has 4 nitrogen and oxygen atoms in total. The Hall–Kier alpha value is -0.740. The van der Waals surface area contributed by atoms with Gasteiger partial charge in [0, 0.05) is 19.6 Å². The van der Waals surface area contributed by atoms with Gasteiger partial charge in [0.15, 0.2) is 0 Å². The first-order valence-electron chi connectivity index (χ1n) is 5.82. The SMILES string of the molecule is C=CC(Cl)C1CNCCN1C(=O)OC(C)(C)C. The Balaban J connectivity index is 2.70. The van der Waals surface area contributed by atoms with E-state index in [4.69, 9.17) is 16.3 Å². The summed E-state index contributed by atoms with van der Waals surface area (Å²) in [5.74, 6) is 0. The minimum absolute atomic E-state index is 0.0993. The summed E-state index contributed by atoms with van der Waals surface area (Å²) in [5, 5.41) is 2.95. The zero-order chi connectivity index (χ0) is 13.1. The third kappa shape index (κ3) is 4.21. The van der Waals surface area contributed by atoms with Crippen LogP contribution in [0.2, 0.25) is 0 Å². The van der Waals surface area contributed by atoms with Gasteiger partial charge in [0.2, 0.25) is 0 Å². The van der Waals surface area contributed by atoms with Crippen molar-refractivity contribution in [3.63, 3.8) is 0 Å². The smallest absolute Gasteiger partial charge is 0.410 e. The second kappa shape index (κ2) is 5.74. The quantitative estimate of drug-likeness (QED) is 0.610. The number of piperazine rings is 1. The number of hydrogen-bond acceptors (Lipinski definition) is 3. The van der Waals surface area contributed by atoms with Gasteiger partial charge >= 0.3 is 6.09 Å². The standard InChI is InChI=1S/C12H21ClN2O2/c1-5-9(13)10-8-14-6-7-15(10)11(16)17-12(2,3)4/h5,9-10,14H,1,6-8H2,2-4H3. The Morgan fingerprint density at radius 3 is 2.82 bits per heavy atom. The van der Waals surface area contributed by atoms with Crippen molar-refractivity contribution >= 4 is 17.7 Å². The van der Waals surface area contributed by atoms with E-state index in [0.717, 1.165) is 6.54 Å². The lowest BCUT2D eigenvalue weighted by molar-refractivity contribution is 0.0128. The van der Waals surface area contributed by atoms with Crippen LogP contribution >= 0.6 is 11.6 Å². The van der Waals surface area contributed by atoms with Gasteiger partial charge in [0.1, 0.15) is 5.60 Å². The fraction of sp³-hybridized carbons (Fsp3) is 0.750. The molecule has 1 fully saturated rings. The van der Waals surface area contributed by atoms with Crippen molar-refractivity contribution in [3.8, 4) is 0 Å². The van der Waals surface area contributed by atoms with Gasteiger partial charge in [-0.25, -0.2) is 4.79 Å².